The van der Waals surface area contributed by atoms with Gasteiger partial charge >= 0.3 is 0 Å². The molecule has 3 heteroatoms. The van der Waals surface area contributed by atoms with Crippen LogP contribution in [0.2, 0.25) is 0 Å². The molecule has 0 aliphatic rings. The first-order chi connectivity index (χ1) is 28.7. The number of hydrogen-bond donors (Lipinski definition) is 0. The van der Waals surface area contributed by atoms with Crippen LogP contribution in [0, 0.1) is 0 Å². The van der Waals surface area contributed by atoms with Crippen molar-refractivity contribution < 1.29 is 0 Å². The van der Waals surface area contributed by atoms with E-state index in [0.29, 0.717) is 17.5 Å². The summed E-state index contributed by atoms with van der Waals surface area (Å²) < 4.78 is 0. The molecular formula is C55H35N3. The number of benzene rings is 10. The third-order valence-corrected chi connectivity index (χ3v) is 11.3. The van der Waals surface area contributed by atoms with Gasteiger partial charge in [0.15, 0.2) is 17.5 Å². The molecular weight excluding hydrogens is 703 g/mol. The largest absolute Gasteiger partial charge is 0.208 e. The fourth-order valence-corrected chi connectivity index (χ4v) is 8.48. The van der Waals surface area contributed by atoms with Crippen molar-refractivity contribution >= 4 is 43.1 Å². The Kier molecular flexibility index (Phi) is 8.15. The van der Waals surface area contributed by atoms with Gasteiger partial charge in [-0.2, -0.15) is 0 Å². The molecule has 0 saturated heterocycles. The molecule has 0 unspecified atom stereocenters. The van der Waals surface area contributed by atoms with Crippen molar-refractivity contribution in [2.24, 2.45) is 0 Å². The van der Waals surface area contributed by atoms with E-state index in [4.69, 9.17) is 15.0 Å². The van der Waals surface area contributed by atoms with E-state index in [9.17, 15) is 0 Å². The summed E-state index contributed by atoms with van der Waals surface area (Å²) in [5.74, 6) is 1.91. The Hall–Kier alpha value is -7.75. The average molecular weight is 738 g/mol. The lowest BCUT2D eigenvalue weighted by Crippen LogP contribution is -2.00. The maximum absolute atomic E-state index is 5.15. The van der Waals surface area contributed by atoms with Crippen molar-refractivity contribution in [3.05, 3.63) is 212 Å². The first-order valence-electron chi connectivity index (χ1n) is 19.7. The van der Waals surface area contributed by atoms with Crippen LogP contribution < -0.4 is 0 Å². The highest BCUT2D eigenvalue weighted by molar-refractivity contribution is 6.33. The number of hydrogen-bond acceptors (Lipinski definition) is 3. The van der Waals surface area contributed by atoms with Crippen LogP contribution in [0.1, 0.15) is 0 Å². The Labute approximate surface area is 336 Å². The molecule has 0 fully saturated rings. The minimum Gasteiger partial charge on any atom is -0.208 e. The molecule has 0 N–H and O–H groups in total. The van der Waals surface area contributed by atoms with Gasteiger partial charge in [0.1, 0.15) is 0 Å². The highest BCUT2D eigenvalue weighted by Crippen LogP contribution is 2.43. The lowest BCUT2D eigenvalue weighted by molar-refractivity contribution is 1.07. The monoisotopic (exact) mass is 737 g/mol. The van der Waals surface area contributed by atoms with E-state index >= 15 is 0 Å². The van der Waals surface area contributed by atoms with Gasteiger partial charge in [0.05, 0.1) is 0 Å². The minimum absolute atomic E-state index is 0.632. The van der Waals surface area contributed by atoms with Gasteiger partial charge < -0.3 is 0 Å². The highest BCUT2D eigenvalue weighted by atomic mass is 15.0. The summed E-state index contributed by atoms with van der Waals surface area (Å²) in [6, 6.07) is 75.3. The summed E-state index contributed by atoms with van der Waals surface area (Å²) in [4.78, 5) is 15.3. The van der Waals surface area contributed by atoms with Crippen molar-refractivity contribution in [2.45, 2.75) is 0 Å². The van der Waals surface area contributed by atoms with Crippen LogP contribution in [-0.4, -0.2) is 15.0 Å². The molecule has 10 aromatic carbocycles. The number of aromatic nitrogens is 3. The zero-order valence-corrected chi connectivity index (χ0v) is 31.5. The molecule has 1 heterocycles. The molecule has 0 aliphatic carbocycles. The third kappa shape index (κ3) is 5.89. The quantitative estimate of drug-likeness (QED) is 0.160. The second kappa shape index (κ2) is 14.1. The second-order valence-electron chi connectivity index (χ2n) is 14.8. The van der Waals surface area contributed by atoms with Gasteiger partial charge in [0, 0.05) is 16.7 Å². The van der Waals surface area contributed by atoms with Crippen molar-refractivity contribution in [3.8, 4) is 67.5 Å². The lowest BCUT2D eigenvalue weighted by atomic mass is 9.87. The Morgan fingerprint density at radius 3 is 1.12 bits per heavy atom. The molecule has 0 spiro atoms. The molecule has 0 saturated carbocycles. The average Bonchev–Trinajstić information content (AvgIpc) is 3.32. The first-order valence-corrected chi connectivity index (χ1v) is 19.7. The molecule has 0 atom stereocenters. The van der Waals surface area contributed by atoms with Gasteiger partial charge in [0.25, 0.3) is 0 Å². The van der Waals surface area contributed by atoms with E-state index < -0.39 is 0 Å². The van der Waals surface area contributed by atoms with Crippen LogP contribution in [-0.2, 0) is 0 Å². The van der Waals surface area contributed by atoms with E-state index in [1.54, 1.807) is 0 Å². The van der Waals surface area contributed by atoms with Gasteiger partial charge in [-0.1, -0.05) is 200 Å². The molecule has 1 aromatic heterocycles. The summed E-state index contributed by atoms with van der Waals surface area (Å²) >= 11 is 0. The lowest BCUT2D eigenvalue weighted by Gasteiger charge is -2.16. The fraction of sp³-hybridized carbons (Fsp3) is 0. The Balaban J connectivity index is 1.03. The maximum Gasteiger partial charge on any atom is 0.164 e. The molecule has 0 radical (unpaired) electrons. The van der Waals surface area contributed by atoms with Crippen molar-refractivity contribution in [1.29, 1.82) is 0 Å². The summed E-state index contributed by atoms with van der Waals surface area (Å²) in [5, 5.41) is 10.1. The zero-order valence-electron chi connectivity index (χ0n) is 31.5. The van der Waals surface area contributed by atoms with Crippen molar-refractivity contribution in [1.82, 2.24) is 15.0 Å². The summed E-state index contributed by atoms with van der Waals surface area (Å²) in [7, 11) is 0. The fourth-order valence-electron chi connectivity index (χ4n) is 8.48. The molecule has 0 aliphatic heterocycles. The second-order valence-corrected chi connectivity index (χ2v) is 14.8. The minimum atomic E-state index is 0.632. The molecule has 0 bridgehead atoms. The van der Waals surface area contributed by atoms with Gasteiger partial charge in [-0.15, -0.1) is 0 Å². The molecule has 58 heavy (non-hydrogen) atoms. The molecule has 0 amide bonds. The summed E-state index contributed by atoms with van der Waals surface area (Å²) in [6.07, 6.45) is 0. The van der Waals surface area contributed by atoms with Crippen molar-refractivity contribution in [2.75, 3.05) is 0 Å². The van der Waals surface area contributed by atoms with Gasteiger partial charge in [-0.3, -0.25) is 0 Å². The predicted octanol–water partition coefficient (Wildman–Crippen LogP) is 14.5. The number of rotatable bonds is 6. The summed E-state index contributed by atoms with van der Waals surface area (Å²) in [5.41, 5.74) is 9.80. The molecule has 11 aromatic rings. The van der Waals surface area contributed by atoms with Gasteiger partial charge in [-0.25, -0.2) is 15.0 Å². The normalized spacial score (nSPS) is 11.4. The van der Waals surface area contributed by atoms with Crippen molar-refractivity contribution in [3.63, 3.8) is 0 Å². The van der Waals surface area contributed by atoms with Crippen LogP contribution in [0.25, 0.3) is 111 Å². The van der Waals surface area contributed by atoms with E-state index in [2.05, 4.69) is 188 Å². The van der Waals surface area contributed by atoms with Crippen LogP contribution in [0.4, 0.5) is 0 Å². The SMILES string of the molecule is c1ccc(-c2ccc(-c3ccc(-c4nc(-c5ccccc5)nc(-c5cccc(-c6cc7c8ccccc8c8ccccc8c7c7ccccc67)c5)n4)cc3)cc2)cc1. The standard InChI is InChI=1S/C55H35N3/c1-3-14-36(15-4-1)37-26-28-38(29-27-37)39-30-32-41(33-31-39)54-56-53(40-16-5-2-6-17-40)57-55(58-54)43-19-13-18-42(34-43)50-35-51-46-22-8-7-20-44(46)45-21-9-11-24-48(45)52(51)49-25-12-10-23-47(49)50/h1-35H. The molecule has 11 rings (SSSR count). The Morgan fingerprint density at radius 2 is 0.552 bits per heavy atom. The van der Waals surface area contributed by atoms with E-state index in [1.165, 1.54) is 59.8 Å². The molecule has 270 valence electrons. The zero-order chi connectivity index (χ0) is 38.4. The van der Waals surface area contributed by atoms with Crippen LogP contribution in [0.5, 0.6) is 0 Å². The summed E-state index contributed by atoms with van der Waals surface area (Å²) in [6.45, 7) is 0. The first kappa shape index (κ1) is 33.6. The van der Waals surface area contributed by atoms with Crippen LogP contribution in [0.3, 0.4) is 0 Å². The van der Waals surface area contributed by atoms with E-state index in [0.717, 1.165) is 33.4 Å². The topological polar surface area (TPSA) is 38.7 Å². The van der Waals surface area contributed by atoms with E-state index in [1.807, 2.05) is 24.3 Å². The number of fused-ring (bicyclic) bond motifs is 8. The smallest absolute Gasteiger partial charge is 0.164 e. The van der Waals surface area contributed by atoms with Crippen LogP contribution >= 0.6 is 0 Å². The molecule has 3 nitrogen and oxygen atoms in total. The Morgan fingerprint density at radius 1 is 0.207 bits per heavy atom. The predicted molar refractivity (Wildman–Crippen MR) is 242 cm³/mol. The van der Waals surface area contributed by atoms with E-state index in [-0.39, 0.29) is 0 Å². The highest BCUT2D eigenvalue weighted by Gasteiger charge is 2.17. The van der Waals surface area contributed by atoms with Gasteiger partial charge in [-0.05, 0) is 88.6 Å². The Bertz CT molecular complexity index is 3300. The van der Waals surface area contributed by atoms with Gasteiger partial charge in [0.2, 0.25) is 0 Å². The maximum atomic E-state index is 5.15. The van der Waals surface area contributed by atoms with Crippen LogP contribution in [0.15, 0.2) is 212 Å². The third-order valence-electron chi connectivity index (χ3n) is 11.3. The number of nitrogens with zero attached hydrogens (tertiary/aromatic N) is 3.